The van der Waals surface area contributed by atoms with Crippen LogP contribution in [0.3, 0.4) is 0 Å². The maximum absolute atomic E-state index is 13.2. The minimum atomic E-state index is -2.93. The Balaban J connectivity index is 1.85. The van der Waals surface area contributed by atoms with E-state index >= 15 is 0 Å². The summed E-state index contributed by atoms with van der Waals surface area (Å²) in [7, 11) is 0. The standard InChI is InChI=1S/C22H25F2NO5/c1-14(2)30-19(20(26)27)12-15-4-6-16(7-5-15)13-29-21(28)25-18-10-8-17(9-11-18)22(3,23)24/h4-11,14,19H,12-13H2,1-3H3,(H,25,28)(H,26,27)/p+1. The van der Waals surface area contributed by atoms with Crippen LogP contribution in [0.4, 0.5) is 19.3 Å². The fourth-order valence-corrected chi connectivity index (χ4v) is 2.71. The van der Waals surface area contributed by atoms with Crippen molar-refractivity contribution in [2.75, 3.05) is 0 Å². The highest BCUT2D eigenvalue weighted by molar-refractivity contribution is 5.72. The fraction of sp³-hybridized carbons (Fsp3) is 0.364. The van der Waals surface area contributed by atoms with E-state index in [0.717, 1.165) is 18.1 Å². The van der Waals surface area contributed by atoms with E-state index in [1.54, 1.807) is 38.1 Å². The van der Waals surface area contributed by atoms with Crippen molar-refractivity contribution in [3.63, 3.8) is 0 Å². The molecule has 1 atom stereocenters. The summed E-state index contributed by atoms with van der Waals surface area (Å²) in [5.74, 6) is -3.95. The van der Waals surface area contributed by atoms with Crippen LogP contribution >= 0.6 is 0 Å². The van der Waals surface area contributed by atoms with Gasteiger partial charge in [-0.15, -0.1) is 0 Å². The normalized spacial score (nSPS) is 12.6. The zero-order valence-corrected chi connectivity index (χ0v) is 17.1. The maximum Gasteiger partial charge on any atom is 0.518 e. The number of halogens is 2. The third-order valence-electron chi connectivity index (χ3n) is 4.24. The van der Waals surface area contributed by atoms with Gasteiger partial charge >= 0.3 is 12.1 Å². The molecule has 1 amide bonds. The number of benzene rings is 2. The molecule has 30 heavy (non-hydrogen) atoms. The maximum atomic E-state index is 13.2. The number of carboxylic acids is 1. The van der Waals surface area contributed by atoms with Crippen LogP contribution in [0.1, 0.15) is 37.5 Å². The second-order valence-electron chi connectivity index (χ2n) is 7.29. The number of carbonyl (C=O) groups is 2. The molecule has 6 nitrogen and oxygen atoms in total. The molecule has 0 aliphatic rings. The number of aliphatic carboxylic acids is 1. The van der Waals surface area contributed by atoms with Crippen molar-refractivity contribution in [3.05, 3.63) is 65.2 Å². The first kappa shape index (κ1) is 23.4. The molecule has 0 aromatic heterocycles. The second kappa shape index (κ2) is 10.3. The van der Waals surface area contributed by atoms with Crippen molar-refractivity contribution in [2.24, 2.45) is 0 Å². The number of alkyl halides is 2. The van der Waals surface area contributed by atoms with Gasteiger partial charge in [-0.25, -0.2) is 18.9 Å². The first-order valence-corrected chi connectivity index (χ1v) is 9.50. The number of carbonyl (C=O) groups excluding carboxylic acids is 1. The Labute approximate surface area is 173 Å². The Morgan fingerprint density at radius 3 is 2.10 bits per heavy atom. The van der Waals surface area contributed by atoms with E-state index in [4.69, 9.17) is 9.47 Å². The Morgan fingerprint density at radius 2 is 1.60 bits per heavy atom. The average molecular weight is 422 g/mol. The number of hydrogen-bond acceptors (Lipinski definition) is 4. The number of ether oxygens (including phenoxy) is 2. The van der Waals surface area contributed by atoms with Gasteiger partial charge in [-0.05, 0) is 37.1 Å². The van der Waals surface area contributed by atoms with Crippen LogP contribution in [0.5, 0.6) is 0 Å². The molecule has 0 spiro atoms. The lowest BCUT2D eigenvalue weighted by molar-refractivity contribution is -0.483. The minimum Gasteiger partial charge on any atom is -0.479 e. The molecule has 162 valence electrons. The number of hydrogen-bond donors (Lipinski definition) is 2. The number of amides is 1. The first-order valence-electron chi connectivity index (χ1n) is 9.50. The van der Waals surface area contributed by atoms with Crippen molar-refractivity contribution in [1.29, 1.82) is 0 Å². The lowest BCUT2D eigenvalue weighted by Crippen LogP contribution is -2.82. The van der Waals surface area contributed by atoms with Gasteiger partial charge < -0.3 is 14.6 Å². The molecular weight excluding hydrogens is 396 g/mol. The molecule has 0 fully saturated rings. The number of primary amides is 1. The van der Waals surface area contributed by atoms with E-state index in [9.17, 15) is 23.5 Å². The summed E-state index contributed by atoms with van der Waals surface area (Å²) in [6, 6.07) is 12.4. The van der Waals surface area contributed by atoms with Crippen molar-refractivity contribution in [1.82, 2.24) is 0 Å². The fourth-order valence-electron chi connectivity index (χ4n) is 2.71. The van der Waals surface area contributed by atoms with Gasteiger partial charge in [-0.2, -0.15) is 4.79 Å². The Morgan fingerprint density at radius 1 is 1.03 bits per heavy atom. The quantitative estimate of drug-likeness (QED) is 0.601. The number of carboxylic acid groups (broad SMARTS) is 1. The van der Waals surface area contributed by atoms with Gasteiger partial charge in [-0.3, -0.25) is 0 Å². The van der Waals surface area contributed by atoms with Gasteiger partial charge in [0.2, 0.25) is 0 Å². The van der Waals surface area contributed by atoms with Crippen molar-refractivity contribution >= 4 is 17.7 Å². The molecule has 0 saturated heterocycles. The molecular formula is C22H26F2NO5+. The van der Waals surface area contributed by atoms with Gasteiger partial charge in [0.1, 0.15) is 12.3 Å². The first-order chi connectivity index (χ1) is 14.0. The summed E-state index contributed by atoms with van der Waals surface area (Å²) in [6.07, 6.45) is -1.49. The van der Waals surface area contributed by atoms with E-state index < -0.39 is 24.1 Å². The van der Waals surface area contributed by atoms with Crippen molar-refractivity contribution in [3.8, 4) is 0 Å². The van der Waals surface area contributed by atoms with E-state index in [-0.39, 0.29) is 24.7 Å². The van der Waals surface area contributed by atoms with Crippen LogP contribution in [0.2, 0.25) is 0 Å². The smallest absolute Gasteiger partial charge is 0.479 e. The molecule has 0 bridgehead atoms. The molecule has 0 aliphatic heterocycles. The van der Waals surface area contributed by atoms with Crippen LogP contribution in [-0.2, 0) is 33.2 Å². The van der Waals surface area contributed by atoms with E-state index in [0.29, 0.717) is 5.69 Å². The van der Waals surface area contributed by atoms with Gasteiger partial charge in [0, 0.05) is 31.0 Å². The Bertz CT molecular complexity index is 845. The molecule has 0 radical (unpaired) electrons. The predicted molar refractivity (Wildman–Crippen MR) is 106 cm³/mol. The van der Waals surface area contributed by atoms with Gasteiger partial charge in [0.15, 0.2) is 6.10 Å². The van der Waals surface area contributed by atoms with Crippen LogP contribution in [0.15, 0.2) is 48.5 Å². The number of nitrogens with two attached hydrogens (primary N) is 1. The molecule has 0 aliphatic carbocycles. The van der Waals surface area contributed by atoms with Crippen LogP contribution in [0.25, 0.3) is 0 Å². The third-order valence-corrected chi connectivity index (χ3v) is 4.24. The second-order valence-corrected chi connectivity index (χ2v) is 7.29. The molecule has 3 N–H and O–H groups in total. The predicted octanol–water partition coefficient (Wildman–Crippen LogP) is 3.75. The molecule has 0 saturated carbocycles. The topological polar surface area (TPSA) is 89.4 Å². The number of quaternary nitrogens is 1. The molecule has 2 rings (SSSR count). The zero-order valence-electron chi connectivity index (χ0n) is 17.1. The summed E-state index contributed by atoms with van der Waals surface area (Å²) < 4.78 is 37.0. The molecule has 2 aromatic rings. The van der Waals surface area contributed by atoms with Crippen molar-refractivity contribution < 1.29 is 38.3 Å². The third kappa shape index (κ3) is 7.53. The lowest BCUT2D eigenvalue weighted by atomic mass is 10.1. The minimum absolute atomic E-state index is 0.0333. The average Bonchev–Trinajstić information content (AvgIpc) is 2.66. The highest BCUT2D eigenvalue weighted by Crippen LogP contribution is 2.26. The summed E-state index contributed by atoms with van der Waals surface area (Å²) >= 11 is 0. The molecule has 1 unspecified atom stereocenters. The van der Waals surface area contributed by atoms with Gasteiger partial charge in [0.25, 0.3) is 5.92 Å². The Kier molecular flexibility index (Phi) is 8.02. The highest BCUT2D eigenvalue weighted by Gasteiger charge is 2.24. The summed E-state index contributed by atoms with van der Waals surface area (Å²) in [5.41, 5.74) is 1.86. The Hall–Kier alpha value is -2.84. The molecule has 2 aromatic carbocycles. The van der Waals surface area contributed by atoms with Gasteiger partial charge in [-0.1, -0.05) is 24.3 Å². The van der Waals surface area contributed by atoms with Crippen molar-refractivity contribution in [2.45, 2.75) is 51.9 Å². The summed E-state index contributed by atoms with van der Waals surface area (Å²) in [5, 5.41) is 10.5. The number of rotatable bonds is 9. The van der Waals surface area contributed by atoms with Crippen LogP contribution < -0.4 is 5.32 Å². The van der Waals surface area contributed by atoms with Gasteiger partial charge in [0.05, 0.1) is 6.10 Å². The molecule has 8 heteroatoms. The SMILES string of the molecule is CC(C)OC(Cc1ccc(COC(=O)[NH2+]c2ccc(C(C)(F)F)cc2)cc1)C(=O)O. The van der Waals surface area contributed by atoms with E-state index in [1.807, 2.05) is 0 Å². The largest absolute Gasteiger partial charge is 0.518 e. The van der Waals surface area contributed by atoms with E-state index in [1.165, 1.54) is 29.6 Å². The lowest BCUT2D eigenvalue weighted by Gasteiger charge is -2.16. The summed E-state index contributed by atoms with van der Waals surface area (Å²) in [6.45, 7) is 4.39. The van der Waals surface area contributed by atoms with E-state index in [2.05, 4.69) is 0 Å². The summed E-state index contributed by atoms with van der Waals surface area (Å²) in [4.78, 5) is 23.2. The monoisotopic (exact) mass is 422 g/mol. The zero-order chi connectivity index (χ0) is 22.3. The van der Waals surface area contributed by atoms with Crippen LogP contribution in [0, 0.1) is 0 Å². The highest BCUT2D eigenvalue weighted by atomic mass is 19.3. The molecule has 0 heterocycles. The van der Waals surface area contributed by atoms with Crippen LogP contribution in [-0.4, -0.2) is 29.4 Å².